The first-order valence-corrected chi connectivity index (χ1v) is 8.84. The lowest BCUT2D eigenvalue weighted by molar-refractivity contribution is -0.130. The van der Waals surface area contributed by atoms with Gasteiger partial charge in [-0.05, 0) is 56.3 Å². The molecule has 21 heavy (non-hydrogen) atoms. The van der Waals surface area contributed by atoms with Crippen LogP contribution in [0.15, 0.2) is 0 Å². The molecule has 0 saturated heterocycles. The van der Waals surface area contributed by atoms with Crippen molar-refractivity contribution >= 4 is 5.91 Å². The first-order valence-electron chi connectivity index (χ1n) is 8.84. The Labute approximate surface area is 130 Å². The van der Waals surface area contributed by atoms with Crippen molar-refractivity contribution in [3.8, 4) is 0 Å². The van der Waals surface area contributed by atoms with E-state index in [-0.39, 0.29) is 5.92 Å². The smallest absolute Gasteiger partial charge is 0.223 e. The van der Waals surface area contributed by atoms with Crippen LogP contribution >= 0.6 is 0 Å². The summed E-state index contributed by atoms with van der Waals surface area (Å²) in [6.45, 7) is 6.83. The number of methoxy groups -OCH3 is 1. The third-order valence-corrected chi connectivity index (χ3v) is 5.71. The molecule has 2 saturated carbocycles. The highest BCUT2D eigenvalue weighted by molar-refractivity contribution is 5.79. The molecule has 0 spiro atoms. The summed E-state index contributed by atoms with van der Waals surface area (Å²) in [5.41, 5.74) is 0. The lowest BCUT2D eigenvalue weighted by atomic mass is 9.69. The maximum Gasteiger partial charge on any atom is 0.223 e. The molecular weight excluding hydrogens is 262 g/mol. The number of nitrogens with one attached hydrogen (secondary N) is 1. The Morgan fingerprint density at radius 3 is 2.33 bits per heavy atom. The van der Waals surface area contributed by atoms with Gasteiger partial charge in [-0.1, -0.05) is 27.2 Å². The fraction of sp³-hybridized carbons (Fsp3) is 0.944. The Balaban J connectivity index is 1.88. The zero-order valence-corrected chi connectivity index (χ0v) is 14.2. The highest BCUT2D eigenvalue weighted by Crippen LogP contribution is 2.38. The van der Waals surface area contributed by atoms with Crippen LogP contribution in [0, 0.1) is 23.7 Å². The van der Waals surface area contributed by atoms with Gasteiger partial charge in [0.25, 0.3) is 0 Å². The average Bonchev–Trinajstić information content (AvgIpc) is 2.47. The van der Waals surface area contributed by atoms with E-state index in [1.165, 1.54) is 12.8 Å². The number of carbonyl (C=O) groups excluding carboxylic acids is 1. The summed E-state index contributed by atoms with van der Waals surface area (Å²) in [4.78, 5) is 12.7. The number of ether oxygens (including phenoxy) is 1. The van der Waals surface area contributed by atoms with Gasteiger partial charge in [0.15, 0.2) is 0 Å². The molecule has 2 fully saturated rings. The van der Waals surface area contributed by atoms with Gasteiger partial charge in [-0.3, -0.25) is 4.79 Å². The number of rotatable bonds is 4. The fourth-order valence-corrected chi connectivity index (χ4v) is 4.25. The number of carbonyl (C=O) groups is 1. The van der Waals surface area contributed by atoms with Crippen molar-refractivity contribution in [1.82, 2.24) is 5.32 Å². The van der Waals surface area contributed by atoms with E-state index in [4.69, 9.17) is 4.74 Å². The third-order valence-electron chi connectivity index (χ3n) is 5.71. The molecule has 2 aliphatic rings. The van der Waals surface area contributed by atoms with Crippen molar-refractivity contribution in [3.05, 3.63) is 0 Å². The van der Waals surface area contributed by atoms with Crippen LogP contribution in [0.25, 0.3) is 0 Å². The highest BCUT2D eigenvalue weighted by atomic mass is 16.5. The van der Waals surface area contributed by atoms with Gasteiger partial charge >= 0.3 is 0 Å². The van der Waals surface area contributed by atoms with Gasteiger partial charge in [-0.2, -0.15) is 0 Å². The van der Waals surface area contributed by atoms with E-state index in [0.717, 1.165) is 32.1 Å². The maximum absolute atomic E-state index is 12.7. The van der Waals surface area contributed by atoms with Crippen LogP contribution < -0.4 is 5.32 Å². The molecule has 0 radical (unpaired) electrons. The van der Waals surface area contributed by atoms with Crippen molar-refractivity contribution < 1.29 is 9.53 Å². The normalized spacial score (nSPS) is 37.5. The van der Waals surface area contributed by atoms with Gasteiger partial charge < -0.3 is 10.1 Å². The van der Waals surface area contributed by atoms with E-state index in [1.54, 1.807) is 7.11 Å². The zero-order chi connectivity index (χ0) is 15.4. The summed E-state index contributed by atoms with van der Waals surface area (Å²) in [5, 5.41) is 3.34. The minimum Gasteiger partial charge on any atom is -0.381 e. The number of hydrogen-bond donors (Lipinski definition) is 1. The van der Waals surface area contributed by atoms with Crippen molar-refractivity contribution in [1.29, 1.82) is 0 Å². The summed E-state index contributed by atoms with van der Waals surface area (Å²) in [7, 11) is 1.79. The lowest BCUT2D eigenvalue weighted by Crippen LogP contribution is -2.45. The van der Waals surface area contributed by atoms with Gasteiger partial charge in [0.1, 0.15) is 0 Å². The molecule has 1 N–H and O–H groups in total. The lowest BCUT2D eigenvalue weighted by Gasteiger charge is -2.38. The SMILES string of the molecule is COC1CCC(NC(=O)[C@@H]2C[C@H](C)CC[C@H]2C(C)C)CC1. The van der Waals surface area contributed by atoms with Crippen LogP contribution in [0.5, 0.6) is 0 Å². The second kappa shape index (κ2) is 7.62. The summed E-state index contributed by atoms with van der Waals surface area (Å²) >= 11 is 0. The summed E-state index contributed by atoms with van der Waals surface area (Å²) in [6, 6.07) is 0.369. The molecule has 2 aliphatic carbocycles. The van der Waals surface area contributed by atoms with Crippen LogP contribution in [-0.4, -0.2) is 25.2 Å². The van der Waals surface area contributed by atoms with E-state index < -0.39 is 0 Å². The van der Waals surface area contributed by atoms with Crippen LogP contribution in [0.2, 0.25) is 0 Å². The predicted octanol–water partition coefficient (Wildman–Crippen LogP) is 3.77. The molecule has 0 aromatic rings. The summed E-state index contributed by atoms with van der Waals surface area (Å²) < 4.78 is 5.41. The van der Waals surface area contributed by atoms with Crippen molar-refractivity contribution in [3.63, 3.8) is 0 Å². The molecule has 0 unspecified atom stereocenters. The van der Waals surface area contributed by atoms with E-state index >= 15 is 0 Å². The molecule has 0 aromatic heterocycles. The third kappa shape index (κ3) is 4.45. The molecule has 0 aliphatic heterocycles. The minimum absolute atomic E-state index is 0.230. The van der Waals surface area contributed by atoms with Gasteiger partial charge in [0, 0.05) is 19.1 Å². The van der Waals surface area contributed by atoms with Crippen molar-refractivity contribution in [2.45, 2.75) is 77.9 Å². The molecule has 3 atom stereocenters. The topological polar surface area (TPSA) is 38.3 Å². The van der Waals surface area contributed by atoms with Gasteiger partial charge in [-0.15, -0.1) is 0 Å². The Morgan fingerprint density at radius 2 is 1.76 bits per heavy atom. The highest BCUT2D eigenvalue weighted by Gasteiger charge is 2.36. The summed E-state index contributed by atoms with van der Waals surface area (Å²) in [6.07, 6.45) is 8.27. The standard InChI is InChI=1S/C18H33NO2/c1-12(2)16-10-5-13(3)11-17(16)18(20)19-14-6-8-15(21-4)9-7-14/h12-17H,5-11H2,1-4H3,(H,19,20)/t13-,14?,15?,16+,17-/m1/s1. The minimum atomic E-state index is 0.230. The number of hydrogen-bond acceptors (Lipinski definition) is 2. The second-order valence-corrected chi connectivity index (χ2v) is 7.65. The Kier molecular flexibility index (Phi) is 6.09. The van der Waals surface area contributed by atoms with E-state index in [1.807, 2.05) is 0 Å². The van der Waals surface area contributed by atoms with E-state index in [9.17, 15) is 4.79 Å². The monoisotopic (exact) mass is 295 g/mol. The average molecular weight is 295 g/mol. The Morgan fingerprint density at radius 1 is 1.10 bits per heavy atom. The maximum atomic E-state index is 12.7. The molecule has 2 rings (SSSR count). The summed E-state index contributed by atoms with van der Waals surface area (Å²) in [5.74, 6) is 2.42. The van der Waals surface area contributed by atoms with Crippen molar-refractivity contribution in [2.75, 3.05) is 7.11 Å². The first-order chi connectivity index (χ1) is 10.0. The quantitative estimate of drug-likeness (QED) is 0.857. The van der Waals surface area contributed by atoms with Gasteiger partial charge in [-0.25, -0.2) is 0 Å². The zero-order valence-electron chi connectivity index (χ0n) is 14.2. The van der Waals surface area contributed by atoms with Crippen LogP contribution in [-0.2, 0) is 9.53 Å². The van der Waals surface area contributed by atoms with Crippen LogP contribution in [0.3, 0.4) is 0 Å². The largest absolute Gasteiger partial charge is 0.381 e. The van der Waals surface area contributed by atoms with Gasteiger partial charge in [0.05, 0.1) is 6.10 Å². The molecule has 1 amide bonds. The van der Waals surface area contributed by atoms with Crippen molar-refractivity contribution in [2.24, 2.45) is 23.7 Å². The molecule has 0 bridgehead atoms. The number of amides is 1. The van der Waals surface area contributed by atoms with Crippen LogP contribution in [0.4, 0.5) is 0 Å². The van der Waals surface area contributed by atoms with Crippen LogP contribution in [0.1, 0.15) is 65.7 Å². The Hall–Kier alpha value is -0.570. The first kappa shape index (κ1) is 16.8. The molecular formula is C18H33NO2. The fourth-order valence-electron chi connectivity index (χ4n) is 4.25. The Bertz CT molecular complexity index is 334. The predicted molar refractivity (Wildman–Crippen MR) is 86.0 cm³/mol. The van der Waals surface area contributed by atoms with E-state index in [0.29, 0.717) is 35.8 Å². The second-order valence-electron chi connectivity index (χ2n) is 7.65. The molecule has 0 aromatic carbocycles. The molecule has 0 heterocycles. The van der Waals surface area contributed by atoms with E-state index in [2.05, 4.69) is 26.1 Å². The van der Waals surface area contributed by atoms with Gasteiger partial charge in [0.2, 0.25) is 5.91 Å². The molecule has 3 heteroatoms. The molecule has 3 nitrogen and oxygen atoms in total. The molecule has 122 valence electrons.